The van der Waals surface area contributed by atoms with Crippen LogP contribution in [0.4, 0.5) is 0 Å². The molecule has 2 aromatic rings. The number of carbonyl (C=O) groups is 1. The van der Waals surface area contributed by atoms with E-state index in [0.29, 0.717) is 19.8 Å². The molecule has 0 aliphatic carbocycles. The smallest absolute Gasteiger partial charge is 0.271 e. The van der Waals surface area contributed by atoms with Crippen molar-refractivity contribution < 1.29 is 9.53 Å². The largest absolute Gasteiger partial charge is 0.379 e. The minimum atomic E-state index is -0.327. The van der Waals surface area contributed by atoms with Gasteiger partial charge < -0.3 is 10.1 Å². The van der Waals surface area contributed by atoms with Crippen LogP contribution >= 0.6 is 11.3 Å². The number of hydrogen-bond acceptors (Lipinski definition) is 6. The zero-order valence-corrected chi connectivity index (χ0v) is 13.3. The first-order chi connectivity index (χ1) is 11.2. The molecule has 2 N–H and O–H groups in total. The number of thiophene rings is 1. The molecule has 0 radical (unpaired) electrons. The lowest BCUT2D eigenvalue weighted by molar-refractivity contribution is 0.0169. The van der Waals surface area contributed by atoms with Crippen molar-refractivity contribution in [1.29, 1.82) is 0 Å². The number of morpholine rings is 1. The van der Waals surface area contributed by atoms with Gasteiger partial charge in [-0.05, 0) is 17.5 Å². The summed E-state index contributed by atoms with van der Waals surface area (Å²) in [7, 11) is 0. The molecule has 3 heterocycles. The zero-order chi connectivity index (χ0) is 16.1. The fraction of sp³-hybridized carbons (Fsp3) is 0.400. The maximum atomic E-state index is 12.2. The number of aromatic nitrogens is 2. The summed E-state index contributed by atoms with van der Waals surface area (Å²) >= 11 is 1.68. The molecule has 1 aliphatic heterocycles. The van der Waals surface area contributed by atoms with Crippen molar-refractivity contribution in [3.63, 3.8) is 0 Å². The van der Waals surface area contributed by atoms with Gasteiger partial charge in [-0.15, -0.1) is 11.3 Å². The van der Waals surface area contributed by atoms with Crippen molar-refractivity contribution in [2.24, 2.45) is 0 Å². The molecule has 1 fully saturated rings. The number of carbonyl (C=O) groups excluding carboxylic acids is 1. The summed E-state index contributed by atoms with van der Waals surface area (Å²) in [5.41, 5.74) is -0.122. The highest BCUT2D eigenvalue weighted by atomic mass is 32.1. The van der Waals surface area contributed by atoms with Crippen LogP contribution in [0.5, 0.6) is 0 Å². The molecule has 122 valence electrons. The lowest BCUT2D eigenvalue weighted by Gasteiger charge is -2.34. The molecule has 0 aromatic carbocycles. The Labute approximate surface area is 137 Å². The van der Waals surface area contributed by atoms with Crippen LogP contribution in [0, 0.1) is 0 Å². The molecule has 8 heteroatoms. The third-order valence-electron chi connectivity index (χ3n) is 3.73. The van der Waals surface area contributed by atoms with Gasteiger partial charge in [0.1, 0.15) is 5.69 Å². The van der Waals surface area contributed by atoms with Gasteiger partial charge in [0.05, 0.1) is 19.3 Å². The molecule has 0 saturated carbocycles. The molecule has 3 rings (SSSR count). The van der Waals surface area contributed by atoms with Crippen molar-refractivity contribution in [3.05, 3.63) is 50.6 Å². The number of nitrogens with one attached hydrogen (secondary N) is 2. The SMILES string of the molecule is O=C(NC[C@@H](c1cccs1)N1CCOCC1)c1ccc(=O)[nH]n1. The Bertz CT molecular complexity index is 675. The molecule has 1 amide bonds. The average molecular weight is 334 g/mol. The van der Waals surface area contributed by atoms with Crippen LogP contribution in [0.2, 0.25) is 0 Å². The molecule has 23 heavy (non-hydrogen) atoms. The molecule has 7 nitrogen and oxygen atoms in total. The van der Waals surface area contributed by atoms with Crippen molar-refractivity contribution >= 4 is 17.2 Å². The van der Waals surface area contributed by atoms with Gasteiger partial charge in [-0.25, -0.2) is 5.10 Å². The van der Waals surface area contributed by atoms with E-state index in [4.69, 9.17) is 4.74 Å². The van der Waals surface area contributed by atoms with Crippen LogP contribution in [0.25, 0.3) is 0 Å². The van der Waals surface area contributed by atoms with E-state index in [1.165, 1.54) is 17.0 Å². The first-order valence-corrected chi connectivity index (χ1v) is 8.31. The molecule has 1 aliphatic rings. The summed E-state index contributed by atoms with van der Waals surface area (Å²) in [4.78, 5) is 26.7. The molecule has 0 spiro atoms. The van der Waals surface area contributed by atoms with E-state index in [9.17, 15) is 9.59 Å². The number of aromatic amines is 1. The summed E-state index contributed by atoms with van der Waals surface area (Å²) in [6, 6.07) is 6.92. The highest BCUT2D eigenvalue weighted by Gasteiger charge is 2.24. The maximum Gasteiger partial charge on any atom is 0.271 e. The Morgan fingerprint density at radius 2 is 2.22 bits per heavy atom. The van der Waals surface area contributed by atoms with Gasteiger partial charge in [-0.2, -0.15) is 5.10 Å². The quantitative estimate of drug-likeness (QED) is 0.838. The van der Waals surface area contributed by atoms with E-state index in [-0.39, 0.29) is 23.2 Å². The average Bonchev–Trinajstić information content (AvgIpc) is 3.11. The van der Waals surface area contributed by atoms with Gasteiger partial charge in [-0.1, -0.05) is 6.07 Å². The monoisotopic (exact) mass is 334 g/mol. The molecule has 0 bridgehead atoms. The summed E-state index contributed by atoms with van der Waals surface area (Å²) in [6.07, 6.45) is 0. The second-order valence-corrected chi connectivity index (χ2v) is 6.18. The van der Waals surface area contributed by atoms with Crippen molar-refractivity contribution in [2.75, 3.05) is 32.8 Å². The zero-order valence-electron chi connectivity index (χ0n) is 12.5. The molecule has 0 unspecified atom stereocenters. The highest BCUT2D eigenvalue weighted by Crippen LogP contribution is 2.25. The second kappa shape index (κ2) is 7.49. The van der Waals surface area contributed by atoms with E-state index in [0.717, 1.165) is 13.1 Å². The molecular formula is C15H18N4O3S. The minimum Gasteiger partial charge on any atom is -0.379 e. The second-order valence-electron chi connectivity index (χ2n) is 5.20. The van der Waals surface area contributed by atoms with E-state index < -0.39 is 0 Å². The van der Waals surface area contributed by atoms with Gasteiger partial charge in [-0.3, -0.25) is 14.5 Å². The lowest BCUT2D eigenvalue weighted by atomic mass is 10.2. The fourth-order valence-corrected chi connectivity index (χ4v) is 3.39. The number of nitrogens with zero attached hydrogens (tertiary/aromatic N) is 2. The Kier molecular flexibility index (Phi) is 5.16. The standard InChI is InChI=1S/C15H18N4O3S/c20-14-4-3-11(17-18-14)15(21)16-10-12(13-2-1-9-23-13)19-5-7-22-8-6-19/h1-4,9,12H,5-8,10H2,(H,16,21)(H,18,20)/t12-/m0/s1. The number of ether oxygens (including phenoxy) is 1. The summed E-state index contributed by atoms with van der Waals surface area (Å²) in [5, 5.41) is 11.0. The third-order valence-corrected chi connectivity index (χ3v) is 4.70. The van der Waals surface area contributed by atoms with Crippen LogP contribution in [0.3, 0.4) is 0 Å². The van der Waals surface area contributed by atoms with E-state index >= 15 is 0 Å². The number of hydrogen-bond donors (Lipinski definition) is 2. The summed E-state index contributed by atoms with van der Waals surface area (Å²) in [6.45, 7) is 3.58. The predicted octanol–water partition coefficient (Wildman–Crippen LogP) is 0.635. The lowest BCUT2D eigenvalue weighted by Crippen LogP contribution is -2.43. The van der Waals surface area contributed by atoms with Gasteiger partial charge >= 0.3 is 0 Å². The normalized spacial score (nSPS) is 16.9. The number of H-pyrrole nitrogens is 1. The van der Waals surface area contributed by atoms with Crippen LogP contribution < -0.4 is 10.9 Å². The summed E-state index contributed by atoms with van der Waals surface area (Å²) < 4.78 is 5.40. The van der Waals surface area contributed by atoms with Crippen LogP contribution in [0.1, 0.15) is 21.4 Å². The highest BCUT2D eigenvalue weighted by molar-refractivity contribution is 7.10. The Hall–Kier alpha value is -2.03. The van der Waals surface area contributed by atoms with Gasteiger partial charge in [0.15, 0.2) is 0 Å². The Morgan fingerprint density at radius 3 is 2.87 bits per heavy atom. The molecule has 2 aromatic heterocycles. The van der Waals surface area contributed by atoms with Gasteiger partial charge in [0.2, 0.25) is 0 Å². The van der Waals surface area contributed by atoms with Crippen LogP contribution in [0.15, 0.2) is 34.4 Å². The minimum absolute atomic E-state index is 0.116. The summed E-state index contributed by atoms with van der Waals surface area (Å²) in [5.74, 6) is -0.295. The van der Waals surface area contributed by atoms with E-state index in [1.54, 1.807) is 11.3 Å². The van der Waals surface area contributed by atoms with Gasteiger partial charge in [0, 0.05) is 30.6 Å². The maximum absolute atomic E-state index is 12.2. The fourth-order valence-electron chi connectivity index (χ4n) is 2.53. The van der Waals surface area contributed by atoms with E-state index in [1.807, 2.05) is 11.4 Å². The third kappa shape index (κ3) is 4.04. The topological polar surface area (TPSA) is 87.3 Å². The Morgan fingerprint density at radius 1 is 1.39 bits per heavy atom. The van der Waals surface area contributed by atoms with Crippen molar-refractivity contribution in [2.45, 2.75) is 6.04 Å². The van der Waals surface area contributed by atoms with E-state index in [2.05, 4.69) is 26.5 Å². The van der Waals surface area contributed by atoms with Crippen molar-refractivity contribution in [3.8, 4) is 0 Å². The molecule has 1 saturated heterocycles. The van der Waals surface area contributed by atoms with Crippen LogP contribution in [-0.4, -0.2) is 53.9 Å². The number of rotatable bonds is 5. The predicted molar refractivity (Wildman–Crippen MR) is 86.6 cm³/mol. The first-order valence-electron chi connectivity index (χ1n) is 7.43. The van der Waals surface area contributed by atoms with Crippen molar-refractivity contribution in [1.82, 2.24) is 20.4 Å². The van der Waals surface area contributed by atoms with Crippen LogP contribution in [-0.2, 0) is 4.74 Å². The Balaban J connectivity index is 1.67. The number of amides is 1. The van der Waals surface area contributed by atoms with Gasteiger partial charge in [0.25, 0.3) is 11.5 Å². The first kappa shape index (κ1) is 15.9. The molecular weight excluding hydrogens is 316 g/mol. The molecule has 1 atom stereocenters.